The van der Waals surface area contributed by atoms with Crippen LogP contribution in [-0.2, 0) is 14.8 Å². The average molecular weight is 588 g/mol. The van der Waals surface area contributed by atoms with Gasteiger partial charge in [0.1, 0.15) is 18.0 Å². The molecule has 0 saturated carbocycles. The molecule has 1 amide bonds. The molecule has 0 bridgehead atoms. The van der Waals surface area contributed by atoms with Gasteiger partial charge in [0, 0.05) is 52.9 Å². The molecule has 7 nitrogen and oxygen atoms in total. The zero-order valence-electron chi connectivity index (χ0n) is 20.2. The maximum atomic E-state index is 14.0. The van der Waals surface area contributed by atoms with Crippen LogP contribution in [0, 0.1) is 5.82 Å². The van der Waals surface area contributed by atoms with E-state index in [1.165, 1.54) is 18.5 Å². The Morgan fingerprint density at radius 3 is 2.63 bits per heavy atom. The second-order valence-electron chi connectivity index (χ2n) is 9.24. The first-order valence-corrected chi connectivity index (χ1v) is 13.0. The average Bonchev–Trinajstić information content (AvgIpc) is 2.85. The van der Waals surface area contributed by atoms with Crippen molar-refractivity contribution >= 4 is 56.6 Å². The minimum atomic E-state index is -0.343. The summed E-state index contributed by atoms with van der Waals surface area (Å²) >= 11 is 2.14. The largest absolute Gasteiger partial charge is 0.340 e. The zero-order chi connectivity index (χ0) is 25.2. The number of benzene rings is 2. The van der Waals surface area contributed by atoms with E-state index in [-0.39, 0.29) is 17.3 Å². The fraction of sp³-hybridized carbons (Fsp3) is 0.346. The number of piperazine rings is 1. The van der Waals surface area contributed by atoms with Gasteiger partial charge in [0.15, 0.2) is 0 Å². The van der Waals surface area contributed by atoms with Gasteiger partial charge in [0.2, 0.25) is 5.91 Å². The van der Waals surface area contributed by atoms with E-state index in [0.29, 0.717) is 21.5 Å². The smallest absolute Gasteiger partial charge is 0.247 e. The molecule has 1 fully saturated rings. The van der Waals surface area contributed by atoms with Crippen molar-refractivity contribution in [1.29, 1.82) is 0 Å². The van der Waals surface area contributed by atoms with Crippen LogP contribution in [0.5, 0.6) is 0 Å². The lowest BCUT2D eigenvalue weighted by Gasteiger charge is -2.44. The SMILES string of the molecule is C=CC(=O)Nc1cc2c(Nc3ccc(F)c(CI)c3)ncnc2cc1C(C)(C)N1CCN(C)CC1. The fourth-order valence-electron chi connectivity index (χ4n) is 4.42. The number of nitrogens with one attached hydrogen (secondary N) is 2. The van der Waals surface area contributed by atoms with Gasteiger partial charge in [-0.25, -0.2) is 14.4 Å². The number of rotatable bonds is 7. The number of anilines is 3. The first-order valence-electron chi connectivity index (χ1n) is 11.5. The molecule has 1 saturated heterocycles. The van der Waals surface area contributed by atoms with Crippen molar-refractivity contribution in [3.05, 3.63) is 66.3 Å². The number of alkyl halides is 1. The molecule has 2 heterocycles. The van der Waals surface area contributed by atoms with Gasteiger partial charge in [-0.3, -0.25) is 9.69 Å². The second-order valence-corrected chi connectivity index (χ2v) is 10.0. The van der Waals surface area contributed by atoms with E-state index in [0.717, 1.165) is 48.3 Å². The Hall–Kier alpha value is -2.63. The summed E-state index contributed by atoms with van der Waals surface area (Å²) in [5.41, 5.74) is 3.43. The summed E-state index contributed by atoms with van der Waals surface area (Å²) in [4.78, 5) is 26.1. The highest BCUT2D eigenvalue weighted by Crippen LogP contribution is 2.38. The molecule has 1 aliphatic rings. The lowest BCUT2D eigenvalue weighted by atomic mass is 9.88. The van der Waals surface area contributed by atoms with Gasteiger partial charge < -0.3 is 15.5 Å². The van der Waals surface area contributed by atoms with Crippen molar-refractivity contribution in [2.45, 2.75) is 23.8 Å². The molecule has 1 aliphatic heterocycles. The molecular weight excluding hydrogens is 558 g/mol. The van der Waals surface area contributed by atoms with Crippen LogP contribution in [0.25, 0.3) is 10.9 Å². The molecule has 2 N–H and O–H groups in total. The van der Waals surface area contributed by atoms with E-state index < -0.39 is 0 Å². The highest BCUT2D eigenvalue weighted by molar-refractivity contribution is 14.1. The number of halogens is 2. The summed E-state index contributed by atoms with van der Waals surface area (Å²) in [6, 6.07) is 8.85. The zero-order valence-corrected chi connectivity index (χ0v) is 22.4. The predicted octanol–water partition coefficient (Wildman–Crippen LogP) is 5.05. The molecule has 3 aromatic rings. The summed E-state index contributed by atoms with van der Waals surface area (Å²) in [5, 5.41) is 7.05. The van der Waals surface area contributed by atoms with Crippen molar-refractivity contribution in [2.75, 3.05) is 43.9 Å². The number of hydrogen-bond acceptors (Lipinski definition) is 6. The summed E-state index contributed by atoms with van der Waals surface area (Å²) in [7, 11) is 2.13. The van der Waals surface area contributed by atoms with E-state index >= 15 is 0 Å². The van der Waals surface area contributed by atoms with Crippen LogP contribution in [0.15, 0.2) is 49.3 Å². The van der Waals surface area contributed by atoms with E-state index in [1.54, 1.807) is 12.1 Å². The van der Waals surface area contributed by atoms with E-state index in [9.17, 15) is 9.18 Å². The number of fused-ring (bicyclic) bond motifs is 1. The third kappa shape index (κ3) is 5.46. The first kappa shape index (κ1) is 25.5. The van der Waals surface area contributed by atoms with Crippen LogP contribution in [0.1, 0.15) is 25.0 Å². The Morgan fingerprint density at radius 1 is 1.20 bits per heavy atom. The topological polar surface area (TPSA) is 73.4 Å². The molecule has 0 atom stereocenters. The molecule has 0 aliphatic carbocycles. The van der Waals surface area contributed by atoms with E-state index in [1.807, 2.05) is 12.1 Å². The summed E-state index contributed by atoms with van der Waals surface area (Å²) < 4.78 is 14.5. The molecule has 1 aromatic heterocycles. The van der Waals surface area contributed by atoms with Crippen LogP contribution in [0.2, 0.25) is 0 Å². The lowest BCUT2D eigenvalue weighted by Crippen LogP contribution is -2.52. The molecule has 4 rings (SSSR count). The number of hydrogen-bond donors (Lipinski definition) is 2. The van der Waals surface area contributed by atoms with Gasteiger partial charge in [-0.05, 0) is 68.4 Å². The molecule has 0 radical (unpaired) electrons. The number of carbonyl (C=O) groups excluding carboxylic acids is 1. The van der Waals surface area contributed by atoms with Crippen LogP contribution in [-0.4, -0.2) is 58.9 Å². The molecule has 0 spiro atoms. The number of likely N-dealkylation sites (N-methyl/N-ethyl adjacent to an activating group) is 1. The molecule has 35 heavy (non-hydrogen) atoms. The number of carbonyl (C=O) groups is 1. The first-order chi connectivity index (χ1) is 16.7. The Bertz CT molecular complexity index is 1260. The summed E-state index contributed by atoms with van der Waals surface area (Å²) in [5.74, 6) is 0.0677. The van der Waals surface area contributed by atoms with Crippen molar-refractivity contribution < 1.29 is 9.18 Å². The molecule has 2 aromatic carbocycles. The Labute approximate surface area is 219 Å². The number of nitrogens with zero attached hydrogens (tertiary/aromatic N) is 4. The van der Waals surface area contributed by atoms with Crippen molar-refractivity contribution in [1.82, 2.24) is 19.8 Å². The maximum Gasteiger partial charge on any atom is 0.247 e. The Kier molecular flexibility index (Phi) is 7.67. The van der Waals surface area contributed by atoms with Gasteiger partial charge in [-0.2, -0.15) is 0 Å². The molecule has 184 valence electrons. The third-order valence-electron chi connectivity index (χ3n) is 6.62. The Balaban J connectivity index is 1.79. The normalized spacial score (nSPS) is 15.2. The number of aromatic nitrogens is 2. The maximum absolute atomic E-state index is 14.0. The molecule has 0 unspecified atom stereocenters. The van der Waals surface area contributed by atoms with Crippen molar-refractivity contribution in [3.63, 3.8) is 0 Å². The van der Waals surface area contributed by atoms with Crippen LogP contribution in [0.3, 0.4) is 0 Å². The van der Waals surface area contributed by atoms with Gasteiger partial charge in [0.05, 0.1) is 5.52 Å². The molecular formula is C26H30FIN6O. The quantitative estimate of drug-likeness (QED) is 0.229. The monoisotopic (exact) mass is 588 g/mol. The predicted molar refractivity (Wildman–Crippen MR) is 148 cm³/mol. The minimum absolute atomic E-state index is 0.234. The Morgan fingerprint density at radius 2 is 1.94 bits per heavy atom. The fourth-order valence-corrected chi connectivity index (χ4v) is 5.01. The van der Waals surface area contributed by atoms with Gasteiger partial charge in [-0.1, -0.05) is 29.2 Å². The third-order valence-corrected chi connectivity index (χ3v) is 7.45. The summed E-state index contributed by atoms with van der Waals surface area (Å²) in [6.07, 6.45) is 2.78. The van der Waals surface area contributed by atoms with Gasteiger partial charge >= 0.3 is 0 Å². The summed E-state index contributed by atoms with van der Waals surface area (Å²) in [6.45, 7) is 11.8. The van der Waals surface area contributed by atoms with Crippen molar-refractivity contribution in [2.24, 2.45) is 0 Å². The second kappa shape index (κ2) is 10.5. The highest BCUT2D eigenvalue weighted by Gasteiger charge is 2.33. The van der Waals surface area contributed by atoms with Crippen molar-refractivity contribution in [3.8, 4) is 0 Å². The van der Waals surface area contributed by atoms with Gasteiger partial charge in [-0.15, -0.1) is 0 Å². The number of amides is 1. The van der Waals surface area contributed by atoms with E-state index in [4.69, 9.17) is 0 Å². The minimum Gasteiger partial charge on any atom is -0.340 e. The van der Waals surface area contributed by atoms with E-state index in [2.05, 4.69) is 80.5 Å². The van der Waals surface area contributed by atoms with Gasteiger partial charge in [0.25, 0.3) is 0 Å². The highest BCUT2D eigenvalue weighted by atomic mass is 127. The van der Waals surface area contributed by atoms with Crippen LogP contribution in [0.4, 0.5) is 21.6 Å². The standard InChI is InChI=1S/C26H30FIN6O/c1-5-24(35)32-23-13-19-22(14-20(23)26(2,3)34-10-8-33(4)9-11-34)29-16-30-25(19)31-18-6-7-21(27)17(12-18)15-28/h5-7,12-14,16H,1,8-11,15H2,2-4H3,(H,32,35)(H,29,30,31). The van der Waals surface area contributed by atoms with Crippen LogP contribution >= 0.6 is 22.6 Å². The molecule has 9 heteroatoms. The van der Waals surface area contributed by atoms with Crippen LogP contribution < -0.4 is 10.6 Å². The lowest BCUT2D eigenvalue weighted by molar-refractivity contribution is -0.111.